The Balaban J connectivity index is 1.98. The zero-order valence-corrected chi connectivity index (χ0v) is 12.7. The van der Waals surface area contributed by atoms with E-state index in [2.05, 4.69) is 10.1 Å². The average Bonchev–Trinajstić information content (AvgIpc) is 3.10. The standard InChI is InChI=1S/C14H11N3O5S/c1-21-10-4-8(2-3-9(10)22-6-12(18)19)5-11-13(20)17-14(23-11)15-7-16-17/h2-5,7H,6H2,1H3,(H,18,19)/b11-5-. The molecule has 1 aromatic carbocycles. The summed E-state index contributed by atoms with van der Waals surface area (Å²) in [7, 11) is 1.45. The summed E-state index contributed by atoms with van der Waals surface area (Å²) < 4.78 is 12.0. The predicted octanol–water partition coefficient (Wildman–Crippen LogP) is 0.171. The van der Waals surface area contributed by atoms with E-state index in [1.165, 1.54) is 29.3 Å². The lowest BCUT2D eigenvalue weighted by molar-refractivity contribution is -0.139. The number of carbonyl (C=O) groups is 1. The van der Waals surface area contributed by atoms with E-state index in [9.17, 15) is 9.59 Å². The minimum Gasteiger partial charge on any atom is -0.493 e. The Morgan fingerprint density at radius 1 is 1.43 bits per heavy atom. The monoisotopic (exact) mass is 333 g/mol. The molecule has 0 bridgehead atoms. The van der Waals surface area contributed by atoms with Crippen LogP contribution in [-0.2, 0) is 4.79 Å². The fourth-order valence-electron chi connectivity index (χ4n) is 1.96. The number of carboxylic acids is 1. The first-order valence-corrected chi connectivity index (χ1v) is 7.27. The van der Waals surface area contributed by atoms with Gasteiger partial charge in [-0.1, -0.05) is 17.4 Å². The van der Waals surface area contributed by atoms with Gasteiger partial charge in [-0.25, -0.2) is 9.78 Å². The minimum atomic E-state index is -1.08. The maximum Gasteiger partial charge on any atom is 0.341 e. The second kappa shape index (κ2) is 6.05. The lowest BCUT2D eigenvalue weighted by atomic mass is 10.2. The number of aliphatic carboxylic acids is 1. The van der Waals surface area contributed by atoms with Gasteiger partial charge in [0.1, 0.15) is 6.33 Å². The lowest BCUT2D eigenvalue weighted by Gasteiger charge is -2.09. The van der Waals surface area contributed by atoms with Gasteiger partial charge < -0.3 is 14.6 Å². The molecule has 23 heavy (non-hydrogen) atoms. The highest BCUT2D eigenvalue weighted by Gasteiger charge is 2.09. The molecule has 0 radical (unpaired) electrons. The first-order chi connectivity index (χ1) is 11.1. The van der Waals surface area contributed by atoms with Gasteiger partial charge in [0, 0.05) is 0 Å². The van der Waals surface area contributed by atoms with Crippen LogP contribution in [0.5, 0.6) is 11.5 Å². The number of ether oxygens (including phenoxy) is 2. The van der Waals surface area contributed by atoms with E-state index in [0.717, 1.165) is 0 Å². The third kappa shape index (κ3) is 2.99. The summed E-state index contributed by atoms with van der Waals surface area (Å²) >= 11 is 1.23. The number of rotatable bonds is 5. The molecule has 0 unspecified atom stereocenters. The topological polar surface area (TPSA) is 103 Å². The summed E-state index contributed by atoms with van der Waals surface area (Å²) in [4.78, 5) is 27.2. The summed E-state index contributed by atoms with van der Waals surface area (Å²) in [5.74, 6) is -0.378. The van der Waals surface area contributed by atoms with Crippen LogP contribution >= 0.6 is 11.3 Å². The maximum absolute atomic E-state index is 12.1. The fourth-order valence-corrected chi connectivity index (χ4v) is 2.84. The quantitative estimate of drug-likeness (QED) is 0.710. The number of carboxylic acid groups (broad SMARTS) is 1. The van der Waals surface area contributed by atoms with Crippen LogP contribution in [0.15, 0.2) is 29.3 Å². The van der Waals surface area contributed by atoms with Gasteiger partial charge in [0.25, 0.3) is 5.56 Å². The lowest BCUT2D eigenvalue weighted by Crippen LogP contribution is -2.23. The predicted molar refractivity (Wildman–Crippen MR) is 82.0 cm³/mol. The Morgan fingerprint density at radius 2 is 2.26 bits per heavy atom. The summed E-state index contributed by atoms with van der Waals surface area (Å²) in [6.45, 7) is -0.460. The van der Waals surface area contributed by atoms with Gasteiger partial charge in [-0.2, -0.15) is 9.61 Å². The molecule has 0 aliphatic rings. The molecule has 2 aromatic heterocycles. The Labute approximate surface area is 133 Å². The summed E-state index contributed by atoms with van der Waals surface area (Å²) in [6.07, 6.45) is 3.02. The van der Waals surface area contributed by atoms with Crippen molar-refractivity contribution in [2.75, 3.05) is 13.7 Å². The summed E-state index contributed by atoms with van der Waals surface area (Å²) in [6, 6.07) is 4.95. The molecule has 8 nitrogen and oxygen atoms in total. The van der Waals surface area contributed by atoms with Crippen LogP contribution in [-0.4, -0.2) is 39.4 Å². The Bertz CT molecular complexity index is 978. The van der Waals surface area contributed by atoms with E-state index < -0.39 is 12.6 Å². The van der Waals surface area contributed by atoms with E-state index in [1.807, 2.05) is 0 Å². The highest BCUT2D eigenvalue weighted by atomic mass is 32.1. The Hall–Kier alpha value is -2.94. The highest BCUT2D eigenvalue weighted by Crippen LogP contribution is 2.28. The zero-order valence-electron chi connectivity index (χ0n) is 11.9. The second-order valence-corrected chi connectivity index (χ2v) is 5.47. The number of nitrogens with zero attached hydrogens (tertiary/aromatic N) is 3. The number of hydrogen-bond acceptors (Lipinski definition) is 7. The van der Waals surface area contributed by atoms with Crippen molar-refractivity contribution >= 4 is 28.3 Å². The normalized spacial score (nSPS) is 11.8. The average molecular weight is 333 g/mol. The van der Waals surface area contributed by atoms with Gasteiger partial charge in [-0.3, -0.25) is 4.79 Å². The molecule has 1 N–H and O–H groups in total. The molecule has 0 spiro atoms. The molecule has 0 aliphatic carbocycles. The number of benzene rings is 1. The first kappa shape index (κ1) is 15.0. The minimum absolute atomic E-state index is 0.243. The molecule has 0 saturated carbocycles. The molecule has 118 valence electrons. The third-order valence-corrected chi connectivity index (χ3v) is 3.93. The largest absolute Gasteiger partial charge is 0.493 e. The SMILES string of the molecule is COc1cc(/C=c2\sc3ncnn3c2=O)ccc1OCC(=O)O. The van der Waals surface area contributed by atoms with Crippen molar-refractivity contribution in [3.8, 4) is 11.5 Å². The Morgan fingerprint density at radius 3 is 2.96 bits per heavy atom. The van der Waals surface area contributed by atoms with Crippen molar-refractivity contribution < 1.29 is 19.4 Å². The van der Waals surface area contributed by atoms with Gasteiger partial charge in [-0.15, -0.1) is 0 Å². The number of fused-ring (bicyclic) bond motifs is 1. The van der Waals surface area contributed by atoms with Crippen LogP contribution in [0.4, 0.5) is 0 Å². The van der Waals surface area contributed by atoms with Crippen molar-refractivity contribution in [3.05, 3.63) is 45.0 Å². The number of thiazole rings is 1. The molecule has 3 rings (SSSR count). The van der Waals surface area contributed by atoms with Crippen molar-refractivity contribution in [2.24, 2.45) is 0 Å². The molecule has 0 aliphatic heterocycles. The van der Waals surface area contributed by atoms with Crippen LogP contribution < -0.4 is 19.6 Å². The number of hydrogen-bond donors (Lipinski definition) is 1. The zero-order chi connectivity index (χ0) is 16.4. The second-order valence-electron chi connectivity index (χ2n) is 4.46. The van der Waals surface area contributed by atoms with E-state index in [-0.39, 0.29) is 5.56 Å². The van der Waals surface area contributed by atoms with Crippen molar-refractivity contribution in [1.29, 1.82) is 0 Å². The molecule has 0 atom stereocenters. The van der Waals surface area contributed by atoms with E-state index >= 15 is 0 Å². The van der Waals surface area contributed by atoms with Crippen molar-refractivity contribution in [2.45, 2.75) is 0 Å². The van der Waals surface area contributed by atoms with E-state index in [1.54, 1.807) is 24.3 Å². The van der Waals surface area contributed by atoms with Crippen LogP contribution in [0, 0.1) is 0 Å². The van der Waals surface area contributed by atoms with Crippen molar-refractivity contribution in [3.63, 3.8) is 0 Å². The van der Waals surface area contributed by atoms with Crippen LogP contribution in [0.2, 0.25) is 0 Å². The molecule has 0 saturated heterocycles. The van der Waals surface area contributed by atoms with Gasteiger partial charge in [-0.05, 0) is 23.8 Å². The summed E-state index contributed by atoms with van der Waals surface area (Å²) in [5, 5.41) is 12.5. The fraction of sp³-hybridized carbons (Fsp3) is 0.143. The number of aromatic nitrogens is 3. The van der Waals surface area contributed by atoms with Gasteiger partial charge in [0.05, 0.1) is 11.6 Å². The molecule has 0 amide bonds. The summed E-state index contributed by atoms with van der Waals surface area (Å²) in [5.41, 5.74) is 0.471. The van der Waals surface area contributed by atoms with Crippen LogP contribution in [0.1, 0.15) is 5.56 Å². The Kier molecular flexibility index (Phi) is 3.94. The molecule has 9 heteroatoms. The number of methoxy groups -OCH3 is 1. The van der Waals surface area contributed by atoms with E-state index in [0.29, 0.717) is 26.6 Å². The van der Waals surface area contributed by atoms with Crippen LogP contribution in [0.25, 0.3) is 11.0 Å². The molecule has 3 aromatic rings. The van der Waals surface area contributed by atoms with Gasteiger partial charge in [0.2, 0.25) is 4.96 Å². The van der Waals surface area contributed by atoms with E-state index in [4.69, 9.17) is 14.6 Å². The van der Waals surface area contributed by atoms with Crippen molar-refractivity contribution in [1.82, 2.24) is 14.6 Å². The molecule has 0 fully saturated rings. The maximum atomic E-state index is 12.1. The highest BCUT2D eigenvalue weighted by molar-refractivity contribution is 7.15. The first-order valence-electron chi connectivity index (χ1n) is 6.45. The smallest absolute Gasteiger partial charge is 0.341 e. The molecule has 2 heterocycles. The van der Waals surface area contributed by atoms with Crippen LogP contribution in [0.3, 0.4) is 0 Å². The molecular weight excluding hydrogens is 322 g/mol. The third-order valence-electron chi connectivity index (χ3n) is 2.96. The van der Waals surface area contributed by atoms with Gasteiger partial charge >= 0.3 is 5.97 Å². The molecular formula is C14H11N3O5S. The van der Waals surface area contributed by atoms with Gasteiger partial charge in [0.15, 0.2) is 18.1 Å².